The van der Waals surface area contributed by atoms with Gasteiger partial charge < -0.3 is 15.4 Å². The number of aliphatic hydroxyl groups is 1. The molecule has 0 bridgehead atoms. The molecule has 4 nitrogen and oxygen atoms in total. The first kappa shape index (κ1) is 8.72. The summed E-state index contributed by atoms with van der Waals surface area (Å²) in [5, 5.41) is 9.48. The smallest absolute Gasteiger partial charge is 0.110 e. The quantitative estimate of drug-likeness (QED) is 0.685. The van der Waals surface area contributed by atoms with Gasteiger partial charge in [0.15, 0.2) is 0 Å². The second kappa shape index (κ2) is 3.47. The van der Waals surface area contributed by atoms with Crippen LogP contribution in [0.25, 0.3) is 0 Å². The van der Waals surface area contributed by atoms with Gasteiger partial charge in [-0.15, -0.1) is 0 Å². The van der Waals surface area contributed by atoms with Crippen LogP contribution in [-0.4, -0.2) is 21.2 Å². The van der Waals surface area contributed by atoms with Gasteiger partial charge in [-0.2, -0.15) is 0 Å². The van der Waals surface area contributed by atoms with Gasteiger partial charge in [-0.1, -0.05) is 0 Å². The molecule has 0 amide bonds. The Kier molecular flexibility index (Phi) is 2.33. The average molecular weight is 181 g/mol. The molecule has 0 radical (unpaired) electrons. The summed E-state index contributed by atoms with van der Waals surface area (Å²) in [6, 6.07) is 0. The van der Waals surface area contributed by atoms with Crippen molar-refractivity contribution in [2.45, 2.75) is 31.9 Å². The molecule has 1 atom stereocenters. The Labute approximate surface area is 77.4 Å². The minimum Gasteiger partial charge on any atom is -0.385 e. The molecular formula is C9H15N3O. The summed E-state index contributed by atoms with van der Waals surface area (Å²) in [6.07, 6.45) is 4.76. The molecule has 0 saturated heterocycles. The maximum absolute atomic E-state index is 9.48. The van der Waals surface area contributed by atoms with Crippen LogP contribution in [0, 0.1) is 0 Å². The second-order valence-electron chi connectivity index (χ2n) is 3.48. The summed E-state index contributed by atoms with van der Waals surface area (Å²) in [7, 11) is 0. The van der Waals surface area contributed by atoms with Crippen molar-refractivity contribution in [2.75, 3.05) is 6.54 Å². The largest absolute Gasteiger partial charge is 0.385 e. The van der Waals surface area contributed by atoms with Gasteiger partial charge in [0.1, 0.15) is 11.9 Å². The predicted molar refractivity (Wildman–Crippen MR) is 49.2 cm³/mol. The zero-order valence-corrected chi connectivity index (χ0v) is 7.61. The molecule has 0 spiro atoms. The number of nitrogens with zero attached hydrogens (tertiary/aromatic N) is 2. The maximum Gasteiger partial charge on any atom is 0.110 e. The molecular weight excluding hydrogens is 166 g/mol. The van der Waals surface area contributed by atoms with Crippen LogP contribution in [0.15, 0.2) is 6.20 Å². The van der Waals surface area contributed by atoms with E-state index in [1.165, 1.54) is 12.8 Å². The first-order valence-electron chi connectivity index (χ1n) is 4.75. The van der Waals surface area contributed by atoms with Crippen LogP contribution in [-0.2, 0) is 13.0 Å². The van der Waals surface area contributed by atoms with Crippen molar-refractivity contribution in [3.63, 3.8) is 0 Å². The molecule has 72 valence electrons. The van der Waals surface area contributed by atoms with Crippen LogP contribution in [0.5, 0.6) is 0 Å². The van der Waals surface area contributed by atoms with Crippen LogP contribution in [0.3, 0.4) is 0 Å². The number of aryl methyl sites for hydroxylation is 2. The topological polar surface area (TPSA) is 64.1 Å². The van der Waals surface area contributed by atoms with Crippen molar-refractivity contribution in [1.82, 2.24) is 9.55 Å². The van der Waals surface area contributed by atoms with Gasteiger partial charge in [0.2, 0.25) is 0 Å². The second-order valence-corrected chi connectivity index (χ2v) is 3.48. The summed E-state index contributed by atoms with van der Waals surface area (Å²) in [5.74, 6) is 1.09. The Bertz CT molecular complexity index is 272. The molecule has 4 heteroatoms. The third kappa shape index (κ3) is 1.59. The number of aliphatic hydroxyl groups excluding tert-OH is 1. The van der Waals surface area contributed by atoms with Crippen LogP contribution in [0.2, 0.25) is 0 Å². The number of imidazole rings is 1. The standard InChI is InChI=1S/C9H15N3O/c10-5-8(13)7-6-12-4-2-1-3-9(12)11-7/h6,8,13H,1-5,10H2. The number of hydrogen-bond donors (Lipinski definition) is 2. The van der Waals surface area contributed by atoms with E-state index in [1.807, 2.05) is 6.20 Å². The number of hydrogen-bond acceptors (Lipinski definition) is 3. The number of aromatic nitrogens is 2. The highest BCUT2D eigenvalue weighted by molar-refractivity contribution is 5.09. The predicted octanol–water partition coefficient (Wildman–Crippen LogP) is 0.211. The van der Waals surface area contributed by atoms with Crippen molar-refractivity contribution < 1.29 is 5.11 Å². The lowest BCUT2D eigenvalue weighted by atomic mass is 10.2. The third-order valence-electron chi connectivity index (χ3n) is 2.49. The fourth-order valence-corrected chi connectivity index (χ4v) is 1.72. The minimum atomic E-state index is -0.599. The molecule has 0 aliphatic carbocycles. The molecule has 1 aliphatic heterocycles. The first-order valence-corrected chi connectivity index (χ1v) is 4.75. The lowest BCUT2D eigenvalue weighted by Gasteiger charge is -2.11. The zero-order valence-electron chi connectivity index (χ0n) is 7.61. The first-order chi connectivity index (χ1) is 6.31. The van der Waals surface area contributed by atoms with E-state index in [0.29, 0.717) is 0 Å². The molecule has 0 saturated carbocycles. The monoisotopic (exact) mass is 181 g/mol. The molecule has 1 aliphatic rings. The Morgan fingerprint density at radius 2 is 2.46 bits per heavy atom. The Hall–Kier alpha value is -0.870. The van der Waals surface area contributed by atoms with Gasteiger partial charge in [0, 0.05) is 25.7 Å². The van der Waals surface area contributed by atoms with Crippen molar-refractivity contribution in [1.29, 1.82) is 0 Å². The average Bonchev–Trinajstić information content (AvgIpc) is 2.59. The van der Waals surface area contributed by atoms with E-state index < -0.39 is 6.10 Å². The number of fused-ring (bicyclic) bond motifs is 1. The summed E-state index contributed by atoms with van der Waals surface area (Å²) in [5.41, 5.74) is 6.08. The molecule has 3 N–H and O–H groups in total. The lowest BCUT2D eigenvalue weighted by Crippen LogP contribution is -2.11. The van der Waals surface area contributed by atoms with Crippen LogP contribution in [0.4, 0.5) is 0 Å². The molecule has 0 aromatic carbocycles. The normalized spacial score (nSPS) is 18.3. The van der Waals surface area contributed by atoms with Crippen molar-refractivity contribution in [2.24, 2.45) is 5.73 Å². The molecule has 0 fully saturated rings. The van der Waals surface area contributed by atoms with E-state index in [0.717, 1.165) is 24.5 Å². The molecule has 2 rings (SSSR count). The Balaban J connectivity index is 2.25. The van der Waals surface area contributed by atoms with Gasteiger partial charge in [-0.3, -0.25) is 0 Å². The van der Waals surface area contributed by atoms with Crippen LogP contribution < -0.4 is 5.73 Å². The van der Waals surface area contributed by atoms with Gasteiger partial charge in [-0.25, -0.2) is 4.98 Å². The SMILES string of the molecule is NCC(O)c1cn2c(n1)CCCC2. The fourth-order valence-electron chi connectivity index (χ4n) is 1.72. The van der Waals surface area contributed by atoms with Gasteiger partial charge in [0.25, 0.3) is 0 Å². The lowest BCUT2D eigenvalue weighted by molar-refractivity contribution is 0.182. The summed E-state index contributed by atoms with van der Waals surface area (Å²) in [6.45, 7) is 1.27. The molecule has 2 heterocycles. The third-order valence-corrected chi connectivity index (χ3v) is 2.49. The molecule has 1 aromatic rings. The summed E-state index contributed by atoms with van der Waals surface area (Å²) in [4.78, 5) is 4.35. The van der Waals surface area contributed by atoms with Crippen molar-refractivity contribution >= 4 is 0 Å². The number of nitrogens with two attached hydrogens (primary N) is 1. The van der Waals surface area contributed by atoms with E-state index >= 15 is 0 Å². The van der Waals surface area contributed by atoms with E-state index in [9.17, 15) is 5.11 Å². The van der Waals surface area contributed by atoms with E-state index in [4.69, 9.17) is 5.73 Å². The van der Waals surface area contributed by atoms with E-state index in [-0.39, 0.29) is 6.54 Å². The van der Waals surface area contributed by atoms with Crippen molar-refractivity contribution in [3.05, 3.63) is 17.7 Å². The van der Waals surface area contributed by atoms with E-state index in [1.54, 1.807) is 0 Å². The Morgan fingerprint density at radius 3 is 3.15 bits per heavy atom. The fraction of sp³-hybridized carbons (Fsp3) is 0.667. The van der Waals surface area contributed by atoms with Gasteiger partial charge in [-0.05, 0) is 12.8 Å². The summed E-state index contributed by atoms with van der Waals surface area (Å²) < 4.78 is 2.12. The highest BCUT2D eigenvalue weighted by atomic mass is 16.3. The summed E-state index contributed by atoms with van der Waals surface area (Å²) >= 11 is 0. The molecule has 1 aromatic heterocycles. The molecule has 1 unspecified atom stereocenters. The maximum atomic E-state index is 9.48. The van der Waals surface area contributed by atoms with Crippen LogP contribution in [0.1, 0.15) is 30.5 Å². The van der Waals surface area contributed by atoms with E-state index in [2.05, 4.69) is 9.55 Å². The zero-order chi connectivity index (χ0) is 9.26. The van der Waals surface area contributed by atoms with Crippen LogP contribution >= 0.6 is 0 Å². The number of rotatable bonds is 2. The highest BCUT2D eigenvalue weighted by Gasteiger charge is 2.15. The van der Waals surface area contributed by atoms with Gasteiger partial charge >= 0.3 is 0 Å². The van der Waals surface area contributed by atoms with Gasteiger partial charge in [0.05, 0.1) is 5.69 Å². The van der Waals surface area contributed by atoms with Crippen molar-refractivity contribution in [3.8, 4) is 0 Å². The Morgan fingerprint density at radius 1 is 1.62 bits per heavy atom. The highest BCUT2D eigenvalue weighted by Crippen LogP contribution is 2.17. The minimum absolute atomic E-state index is 0.246. The molecule has 13 heavy (non-hydrogen) atoms.